The number of aryl methyl sites for hydroxylation is 2. The van der Waals surface area contributed by atoms with Crippen molar-refractivity contribution in [1.82, 2.24) is 19.6 Å². The highest BCUT2D eigenvalue weighted by molar-refractivity contribution is 5.90. The average molecular weight is 536 g/mol. The number of nitrogens with zero attached hydrogens (tertiary/aromatic N) is 5. The fourth-order valence-electron chi connectivity index (χ4n) is 5.92. The highest BCUT2D eigenvalue weighted by Gasteiger charge is 2.48. The Hall–Kier alpha value is -3.87. The number of aliphatic hydroxyl groups is 1. The van der Waals surface area contributed by atoms with E-state index < -0.39 is 28.6 Å². The fraction of sp³-hybridized carbons (Fsp3) is 0.483. The summed E-state index contributed by atoms with van der Waals surface area (Å²) in [6, 6.07) is 4.44. The van der Waals surface area contributed by atoms with Crippen molar-refractivity contribution >= 4 is 11.7 Å². The zero-order valence-corrected chi connectivity index (χ0v) is 22.3. The Morgan fingerprint density at radius 3 is 2.59 bits per heavy atom. The number of hydrogen-bond acceptors (Lipinski definition) is 7. The van der Waals surface area contributed by atoms with E-state index in [9.17, 15) is 23.9 Å². The van der Waals surface area contributed by atoms with Crippen LogP contribution >= 0.6 is 0 Å². The molecule has 0 amide bonds. The monoisotopic (exact) mass is 535 g/mol. The lowest BCUT2D eigenvalue weighted by atomic mass is 9.76. The lowest BCUT2D eigenvalue weighted by Gasteiger charge is -2.41. The number of esters is 1. The standard InChI is InChI=1S/C29H31F2N5O3/c1-17-14-33-27-34-24(35-36(27)15-17)12-20-23(37)13-29(39-26(20)38,19-6-4-5-7-19)9-8-18-10-21(30)25(22(31)11-18)28(2,3)16-32/h10-11,14-15,19,37H,4-9,12-13H2,1-3H3. The molecule has 2 aromatic heterocycles. The van der Waals surface area contributed by atoms with E-state index in [1.54, 1.807) is 12.4 Å². The summed E-state index contributed by atoms with van der Waals surface area (Å²) >= 11 is 0. The maximum atomic E-state index is 14.9. The number of rotatable bonds is 7. The second-order valence-corrected chi connectivity index (χ2v) is 11.3. The molecular weight excluding hydrogens is 504 g/mol. The van der Waals surface area contributed by atoms with Gasteiger partial charge in [-0.25, -0.2) is 23.1 Å². The Balaban J connectivity index is 1.40. The number of fused-ring (bicyclic) bond motifs is 1. The molecule has 1 N–H and O–H groups in total. The van der Waals surface area contributed by atoms with Crippen molar-refractivity contribution in [3.05, 3.63) is 70.0 Å². The molecule has 2 aliphatic rings. The summed E-state index contributed by atoms with van der Waals surface area (Å²) < 4.78 is 37.4. The second-order valence-electron chi connectivity index (χ2n) is 11.3. The molecule has 0 bridgehead atoms. The highest BCUT2D eigenvalue weighted by atomic mass is 19.1. The molecule has 10 heteroatoms. The number of hydrogen-bond donors (Lipinski definition) is 1. The van der Waals surface area contributed by atoms with Gasteiger partial charge < -0.3 is 9.84 Å². The molecule has 1 fully saturated rings. The minimum Gasteiger partial charge on any atom is -0.512 e. The molecule has 1 aliphatic carbocycles. The highest BCUT2D eigenvalue weighted by Crippen LogP contribution is 2.46. The van der Waals surface area contributed by atoms with E-state index in [0.717, 1.165) is 31.2 Å². The van der Waals surface area contributed by atoms with Gasteiger partial charge in [0.25, 0.3) is 5.78 Å². The van der Waals surface area contributed by atoms with Crippen LogP contribution in [0.4, 0.5) is 8.78 Å². The van der Waals surface area contributed by atoms with Crippen molar-refractivity contribution < 1.29 is 23.4 Å². The first-order valence-electron chi connectivity index (χ1n) is 13.2. The van der Waals surface area contributed by atoms with Gasteiger partial charge in [-0.05, 0) is 75.6 Å². The predicted molar refractivity (Wildman–Crippen MR) is 138 cm³/mol. The number of cyclic esters (lactones) is 1. The number of nitriles is 1. The third-order valence-corrected chi connectivity index (χ3v) is 8.00. The van der Waals surface area contributed by atoms with Crippen molar-refractivity contribution in [2.75, 3.05) is 0 Å². The number of ether oxygens (including phenoxy) is 1. The van der Waals surface area contributed by atoms with Crippen LogP contribution in [0.15, 0.2) is 35.9 Å². The van der Waals surface area contributed by atoms with Gasteiger partial charge in [-0.1, -0.05) is 12.8 Å². The van der Waals surface area contributed by atoms with E-state index in [4.69, 9.17) is 4.74 Å². The van der Waals surface area contributed by atoms with E-state index in [-0.39, 0.29) is 42.1 Å². The van der Waals surface area contributed by atoms with E-state index >= 15 is 0 Å². The van der Waals surface area contributed by atoms with Gasteiger partial charge in [-0.15, -0.1) is 5.10 Å². The number of benzene rings is 1. The van der Waals surface area contributed by atoms with Crippen LogP contribution in [0.2, 0.25) is 0 Å². The first-order valence-corrected chi connectivity index (χ1v) is 13.2. The van der Waals surface area contributed by atoms with Crippen molar-refractivity contribution in [3.8, 4) is 6.07 Å². The summed E-state index contributed by atoms with van der Waals surface area (Å²) in [6.07, 6.45) is 7.76. The topological polar surface area (TPSA) is 113 Å². The van der Waals surface area contributed by atoms with Crippen LogP contribution in [0.25, 0.3) is 5.78 Å². The molecule has 0 spiro atoms. The Morgan fingerprint density at radius 1 is 1.26 bits per heavy atom. The molecule has 39 heavy (non-hydrogen) atoms. The largest absolute Gasteiger partial charge is 0.512 e. The Labute approximate surface area is 225 Å². The molecule has 1 unspecified atom stereocenters. The van der Waals surface area contributed by atoms with Crippen molar-refractivity contribution in [2.45, 2.75) is 83.2 Å². The molecule has 0 radical (unpaired) electrons. The van der Waals surface area contributed by atoms with Gasteiger partial charge in [0.2, 0.25) is 0 Å². The summed E-state index contributed by atoms with van der Waals surface area (Å²) in [5, 5.41) is 24.8. The van der Waals surface area contributed by atoms with Crippen molar-refractivity contribution in [1.29, 1.82) is 5.26 Å². The molecule has 0 saturated heterocycles. The molecule has 1 aliphatic heterocycles. The van der Waals surface area contributed by atoms with Crippen LogP contribution in [0.3, 0.4) is 0 Å². The van der Waals surface area contributed by atoms with Crippen molar-refractivity contribution in [2.24, 2.45) is 5.92 Å². The first-order chi connectivity index (χ1) is 18.5. The van der Waals surface area contributed by atoms with E-state index in [1.807, 2.05) is 13.0 Å². The molecule has 1 aromatic carbocycles. The quantitative estimate of drug-likeness (QED) is 0.404. The van der Waals surface area contributed by atoms with Crippen LogP contribution in [0.5, 0.6) is 0 Å². The van der Waals surface area contributed by atoms with Gasteiger partial charge >= 0.3 is 5.97 Å². The molecular formula is C29H31F2N5O3. The number of carbonyl (C=O) groups excluding carboxylic acids is 1. The summed E-state index contributed by atoms with van der Waals surface area (Å²) in [6.45, 7) is 4.82. The van der Waals surface area contributed by atoms with Gasteiger partial charge in [0.05, 0.1) is 17.1 Å². The summed E-state index contributed by atoms with van der Waals surface area (Å²) in [4.78, 5) is 21.9. The van der Waals surface area contributed by atoms with Crippen LogP contribution < -0.4 is 0 Å². The minimum absolute atomic E-state index is 0.000381. The minimum atomic E-state index is -1.31. The third kappa shape index (κ3) is 5.10. The predicted octanol–water partition coefficient (Wildman–Crippen LogP) is 5.38. The summed E-state index contributed by atoms with van der Waals surface area (Å²) in [5.74, 6) is -1.49. The maximum Gasteiger partial charge on any atom is 0.338 e. The Bertz CT molecular complexity index is 1490. The summed E-state index contributed by atoms with van der Waals surface area (Å²) in [7, 11) is 0. The van der Waals surface area contributed by atoms with Crippen LogP contribution in [0, 0.1) is 35.8 Å². The van der Waals surface area contributed by atoms with Crippen LogP contribution in [-0.4, -0.2) is 36.3 Å². The van der Waals surface area contributed by atoms with Gasteiger partial charge in [-0.2, -0.15) is 10.2 Å². The number of aliphatic hydroxyl groups excluding tert-OH is 1. The molecule has 1 saturated carbocycles. The number of aromatic nitrogens is 4. The molecule has 8 nitrogen and oxygen atoms in total. The smallest absolute Gasteiger partial charge is 0.338 e. The zero-order valence-electron chi connectivity index (χ0n) is 22.3. The molecule has 3 aromatic rings. The SMILES string of the molecule is Cc1cnc2nc(CC3=C(O)CC(CCc4cc(F)c(C(C)(C)C#N)c(F)c4)(C4CCCC4)OC3=O)nn2c1. The first kappa shape index (κ1) is 26.7. The van der Waals surface area contributed by atoms with Gasteiger partial charge in [0.15, 0.2) is 5.82 Å². The van der Waals surface area contributed by atoms with E-state index in [1.165, 1.54) is 30.5 Å². The molecule has 204 valence electrons. The average Bonchev–Trinajstić information content (AvgIpc) is 3.55. The van der Waals surface area contributed by atoms with Crippen LogP contribution in [0.1, 0.15) is 74.9 Å². The lowest BCUT2D eigenvalue weighted by Crippen LogP contribution is -2.46. The van der Waals surface area contributed by atoms with Gasteiger partial charge in [0, 0.05) is 30.8 Å². The zero-order chi connectivity index (χ0) is 27.9. The Kier molecular flexibility index (Phi) is 6.87. The van der Waals surface area contributed by atoms with Crippen LogP contribution in [-0.2, 0) is 27.8 Å². The summed E-state index contributed by atoms with van der Waals surface area (Å²) in [5.41, 5.74) is -1.14. The van der Waals surface area contributed by atoms with Gasteiger partial charge in [-0.3, -0.25) is 0 Å². The number of carbonyl (C=O) groups is 1. The maximum absolute atomic E-state index is 14.9. The van der Waals surface area contributed by atoms with Gasteiger partial charge in [0.1, 0.15) is 23.0 Å². The van der Waals surface area contributed by atoms with E-state index in [2.05, 4.69) is 15.1 Å². The van der Waals surface area contributed by atoms with E-state index in [0.29, 0.717) is 23.6 Å². The molecule has 3 heterocycles. The lowest BCUT2D eigenvalue weighted by molar-refractivity contribution is -0.167. The van der Waals surface area contributed by atoms with Crippen molar-refractivity contribution in [3.63, 3.8) is 0 Å². The number of halogens is 2. The molecule has 1 atom stereocenters. The Morgan fingerprint density at radius 2 is 1.95 bits per heavy atom. The molecule has 5 rings (SSSR count). The normalized spacial score (nSPS) is 20.5. The second kappa shape index (κ2) is 10.0. The fourth-order valence-corrected chi connectivity index (χ4v) is 5.92. The third-order valence-electron chi connectivity index (χ3n) is 8.00.